The standard InChI is InChI=1S/C19H23N3O2S/c1-13-4-10-22(15-2-7-20-8-3-15)19(24)17(13)18(23)21-9-5-16-14(12-21)6-11-25-16/h4,6,10-11,15,20H,2-3,5,7-9,12H2,1H3. The van der Waals surface area contributed by atoms with Crippen LogP contribution in [0, 0.1) is 6.92 Å². The molecule has 2 aromatic rings. The molecular formula is C19H23N3O2S. The zero-order valence-electron chi connectivity index (χ0n) is 14.5. The molecule has 2 aliphatic heterocycles. The molecule has 0 radical (unpaired) electrons. The van der Waals surface area contributed by atoms with E-state index >= 15 is 0 Å². The van der Waals surface area contributed by atoms with Gasteiger partial charge in [-0.1, -0.05) is 0 Å². The van der Waals surface area contributed by atoms with Gasteiger partial charge in [-0.25, -0.2) is 0 Å². The summed E-state index contributed by atoms with van der Waals surface area (Å²) < 4.78 is 1.78. The normalized spacial score (nSPS) is 18.2. The lowest BCUT2D eigenvalue weighted by molar-refractivity contribution is 0.0732. The topological polar surface area (TPSA) is 54.3 Å². The van der Waals surface area contributed by atoms with Gasteiger partial charge in [0.05, 0.1) is 0 Å². The van der Waals surface area contributed by atoms with Crippen LogP contribution in [0.25, 0.3) is 0 Å². The average molecular weight is 357 g/mol. The number of carbonyl (C=O) groups is 1. The van der Waals surface area contributed by atoms with Crippen molar-refractivity contribution in [1.82, 2.24) is 14.8 Å². The van der Waals surface area contributed by atoms with Crippen LogP contribution >= 0.6 is 11.3 Å². The monoisotopic (exact) mass is 357 g/mol. The predicted molar refractivity (Wildman–Crippen MR) is 99.3 cm³/mol. The van der Waals surface area contributed by atoms with Gasteiger partial charge < -0.3 is 14.8 Å². The molecule has 25 heavy (non-hydrogen) atoms. The molecule has 0 aliphatic carbocycles. The number of thiophene rings is 1. The Morgan fingerprint density at radius 2 is 2.08 bits per heavy atom. The van der Waals surface area contributed by atoms with Crippen molar-refractivity contribution in [2.75, 3.05) is 19.6 Å². The van der Waals surface area contributed by atoms with Gasteiger partial charge in [0.15, 0.2) is 0 Å². The highest BCUT2D eigenvalue weighted by Crippen LogP contribution is 2.25. The molecule has 0 saturated carbocycles. The molecular weight excluding hydrogens is 334 g/mol. The van der Waals surface area contributed by atoms with Gasteiger partial charge in [-0.05, 0) is 67.9 Å². The molecule has 1 N–H and O–H groups in total. The summed E-state index contributed by atoms with van der Waals surface area (Å²) in [7, 11) is 0. The minimum Gasteiger partial charge on any atom is -0.334 e. The lowest BCUT2D eigenvalue weighted by Crippen LogP contribution is -2.41. The molecule has 0 aromatic carbocycles. The zero-order valence-corrected chi connectivity index (χ0v) is 15.3. The summed E-state index contributed by atoms with van der Waals surface area (Å²) in [5.41, 5.74) is 2.21. The third-order valence-electron chi connectivity index (χ3n) is 5.34. The molecule has 1 amide bonds. The fourth-order valence-electron chi connectivity index (χ4n) is 3.85. The van der Waals surface area contributed by atoms with Crippen LogP contribution in [0.5, 0.6) is 0 Å². The molecule has 2 aliphatic rings. The van der Waals surface area contributed by atoms with Gasteiger partial charge >= 0.3 is 0 Å². The minimum atomic E-state index is -0.131. The number of hydrogen-bond donors (Lipinski definition) is 1. The van der Waals surface area contributed by atoms with Crippen molar-refractivity contribution in [3.8, 4) is 0 Å². The van der Waals surface area contributed by atoms with Gasteiger partial charge in [-0.3, -0.25) is 9.59 Å². The number of hydrogen-bond acceptors (Lipinski definition) is 4. The Balaban J connectivity index is 1.65. The highest BCUT2D eigenvalue weighted by Gasteiger charge is 2.27. The fraction of sp³-hybridized carbons (Fsp3) is 0.474. The SMILES string of the molecule is Cc1ccn(C2CCNCC2)c(=O)c1C(=O)N1CCc2sccc2C1. The zero-order chi connectivity index (χ0) is 17.4. The number of carbonyl (C=O) groups excluding carboxylic acids is 1. The number of pyridine rings is 1. The maximum Gasteiger partial charge on any atom is 0.263 e. The molecule has 0 atom stereocenters. The summed E-state index contributed by atoms with van der Waals surface area (Å²) in [6.07, 6.45) is 4.60. The summed E-state index contributed by atoms with van der Waals surface area (Å²) in [6.45, 7) is 5.00. The second-order valence-corrected chi connectivity index (χ2v) is 7.91. The van der Waals surface area contributed by atoms with Gasteiger partial charge in [0.25, 0.3) is 11.5 Å². The molecule has 4 rings (SSSR count). The number of fused-ring (bicyclic) bond motifs is 1. The summed E-state index contributed by atoms with van der Waals surface area (Å²) in [4.78, 5) is 29.4. The summed E-state index contributed by atoms with van der Waals surface area (Å²) in [5, 5.41) is 5.40. The van der Waals surface area contributed by atoms with Crippen molar-refractivity contribution in [3.63, 3.8) is 0 Å². The van der Waals surface area contributed by atoms with Crippen LogP contribution in [0.4, 0.5) is 0 Å². The second kappa shape index (κ2) is 6.77. The van der Waals surface area contributed by atoms with Gasteiger partial charge in [-0.15, -0.1) is 11.3 Å². The lowest BCUT2D eigenvalue weighted by Gasteiger charge is -2.29. The van der Waals surface area contributed by atoms with Crippen molar-refractivity contribution in [2.45, 2.75) is 38.8 Å². The Bertz CT molecular complexity index is 849. The number of amides is 1. The van der Waals surface area contributed by atoms with Crippen LogP contribution in [0.3, 0.4) is 0 Å². The first kappa shape index (κ1) is 16.5. The largest absolute Gasteiger partial charge is 0.334 e. The van der Waals surface area contributed by atoms with Crippen molar-refractivity contribution in [2.24, 2.45) is 0 Å². The third kappa shape index (κ3) is 3.04. The Morgan fingerprint density at radius 3 is 2.88 bits per heavy atom. The van der Waals surface area contributed by atoms with Crippen LogP contribution in [0.2, 0.25) is 0 Å². The van der Waals surface area contributed by atoms with E-state index in [4.69, 9.17) is 0 Å². The van der Waals surface area contributed by atoms with E-state index in [2.05, 4.69) is 16.8 Å². The van der Waals surface area contributed by atoms with E-state index in [0.717, 1.165) is 37.9 Å². The van der Waals surface area contributed by atoms with Gasteiger partial charge in [-0.2, -0.15) is 0 Å². The highest BCUT2D eigenvalue weighted by molar-refractivity contribution is 7.10. The average Bonchev–Trinajstić information content (AvgIpc) is 3.10. The van der Waals surface area contributed by atoms with Crippen LogP contribution in [0.1, 0.15) is 45.2 Å². The van der Waals surface area contributed by atoms with E-state index in [1.165, 1.54) is 10.4 Å². The number of nitrogens with zero attached hydrogens (tertiary/aromatic N) is 2. The predicted octanol–water partition coefficient (Wildman–Crippen LogP) is 2.34. The summed E-state index contributed by atoms with van der Waals surface area (Å²) in [5.74, 6) is -0.123. The molecule has 132 valence electrons. The number of aryl methyl sites for hydroxylation is 1. The molecule has 6 heteroatoms. The van der Waals surface area contributed by atoms with E-state index in [1.807, 2.05) is 24.1 Å². The maximum absolute atomic E-state index is 13.1. The first-order valence-electron chi connectivity index (χ1n) is 8.92. The van der Waals surface area contributed by atoms with Gasteiger partial charge in [0.1, 0.15) is 5.56 Å². The molecule has 1 fully saturated rings. The Hall–Kier alpha value is -1.92. The number of piperidine rings is 1. The van der Waals surface area contributed by atoms with Crippen LogP contribution in [-0.2, 0) is 13.0 Å². The summed E-state index contributed by atoms with van der Waals surface area (Å²) >= 11 is 1.75. The number of rotatable bonds is 2. The van der Waals surface area contributed by atoms with Crippen LogP contribution in [0.15, 0.2) is 28.5 Å². The molecule has 0 unspecified atom stereocenters. The molecule has 5 nitrogen and oxygen atoms in total. The second-order valence-electron chi connectivity index (χ2n) is 6.91. The Morgan fingerprint density at radius 1 is 1.28 bits per heavy atom. The van der Waals surface area contributed by atoms with E-state index in [0.29, 0.717) is 18.7 Å². The Labute approximate surface area is 151 Å². The van der Waals surface area contributed by atoms with Gasteiger partial charge in [0, 0.05) is 30.2 Å². The van der Waals surface area contributed by atoms with E-state index < -0.39 is 0 Å². The Kier molecular flexibility index (Phi) is 4.48. The number of nitrogens with one attached hydrogen (secondary N) is 1. The minimum absolute atomic E-state index is 0.123. The first-order chi connectivity index (χ1) is 12.1. The smallest absolute Gasteiger partial charge is 0.263 e. The van der Waals surface area contributed by atoms with Crippen molar-refractivity contribution >= 4 is 17.2 Å². The van der Waals surface area contributed by atoms with E-state index in [-0.39, 0.29) is 17.5 Å². The first-order valence-corrected chi connectivity index (χ1v) is 9.80. The molecule has 2 aromatic heterocycles. The fourth-order valence-corrected chi connectivity index (χ4v) is 4.74. The quantitative estimate of drug-likeness (QED) is 0.898. The third-order valence-corrected chi connectivity index (χ3v) is 6.36. The van der Waals surface area contributed by atoms with Crippen molar-refractivity contribution < 1.29 is 4.79 Å². The van der Waals surface area contributed by atoms with Crippen LogP contribution < -0.4 is 10.9 Å². The van der Waals surface area contributed by atoms with Crippen LogP contribution in [-0.4, -0.2) is 35.0 Å². The number of aromatic nitrogens is 1. The molecule has 4 heterocycles. The van der Waals surface area contributed by atoms with Crippen molar-refractivity contribution in [3.05, 3.63) is 55.6 Å². The highest BCUT2D eigenvalue weighted by atomic mass is 32.1. The van der Waals surface area contributed by atoms with Gasteiger partial charge in [0.2, 0.25) is 0 Å². The maximum atomic E-state index is 13.1. The van der Waals surface area contributed by atoms with E-state index in [1.54, 1.807) is 15.9 Å². The molecule has 0 spiro atoms. The van der Waals surface area contributed by atoms with E-state index in [9.17, 15) is 9.59 Å². The summed E-state index contributed by atoms with van der Waals surface area (Å²) in [6, 6.07) is 4.19. The molecule has 0 bridgehead atoms. The van der Waals surface area contributed by atoms with Crippen molar-refractivity contribution in [1.29, 1.82) is 0 Å². The lowest BCUT2D eigenvalue weighted by atomic mass is 10.0. The molecule has 1 saturated heterocycles.